The number of rotatable bonds is 0. The van der Waals surface area contributed by atoms with E-state index < -0.39 is 6.04 Å². The Hall–Kier alpha value is -1.61. The summed E-state index contributed by atoms with van der Waals surface area (Å²) in [6.07, 6.45) is 1.63. The number of nitriles is 1. The molecule has 1 heterocycles. The zero-order valence-corrected chi connectivity index (χ0v) is 5.90. The van der Waals surface area contributed by atoms with Gasteiger partial charge in [-0.05, 0) is 6.92 Å². The van der Waals surface area contributed by atoms with Crippen LogP contribution in [0.15, 0.2) is 4.99 Å². The molecule has 0 saturated carbocycles. The molecule has 0 fully saturated rings. The summed E-state index contributed by atoms with van der Waals surface area (Å²) in [5, 5.41) is 11.2. The molecule has 0 unspecified atom stereocenters. The predicted octanol–water partition coefficient (Wildman–Crippen LogP) is -1.48. The summed E-state index contributed by atoms with van der Waals surface area (Å²) in [4.78, 5) is 14.7. The number of nitrogens with one attached hydrogen (secondary N) is 1. The van der Waals surface area contributed by atoms with Crippen molar-refractivity contribution in [2.24, 2.45) is 10.8 Å². The molecule has 0 radical (unpaired) electrons. The second-order valence-corrected chi connectivity index (χ2v) is 2.07. The van der Waals surface area contributed by atoms with E-state index in [1.165, 1.54) is 0 Å². The van der Waals surface area contributed by atoms with Crippen LogP contribution in [0.1, 0.15) is 6.92 Å². The van der Waals surface area contributed by atoms with E-state index in [1.807, 2.05) is 0 Å². The Morgan fingerprint density at radius 1 is 1.91 bits per heavy atom. The van der Waals surface area contributed by atoms with E-state index in [-0.39, 0.29) is 11.9 Å². The number of guanidine groups is 1. The maximum absolute atomic E-state index is 10.9. The summed E-state index contributed by atoms with van der Waals surface area (Å²) in [6.45, 7) is 1.61. The summed E-state index contributed by atoms with van der Waals surface area (Å²) in [7, 11) is 0. The fourth-order valence-corrected chi connectivity index (χ4v) is 0.749. The maximum atomic E-state index is 10.9. The summed E-state index contributed by atoms with van der Waals surface area (Å²) in [5.41, 5.74) is 0. The minimum Gasteiger partial charge on any atom is -0.270 e. The summed E-state index contributed by atoms with van der Waals surface area (Å²) in [5.74, 6) is 5.02. The third-order valence-electron chi connectivity index (χ3n) is 1.31. The highest BCUT2D eigenvalue weighted by Crippen LogP contribution is 2.03. The number of amides is 1. The van der Waals surface area contributed by atoms with Crippen molar-refractivity contribution < 1.29 is 4.79 Å². The van der Waals surface area contributed by atoms with Gasteiger partial charge in [0.15, 0.2) is 6.19 Å². The molecule has 0 saturated heterocycles. The average molecular weight is 153 g/mol. The van der Waals surface area contributed by atoms with Gasteiger partial charge >= 0.3 is 0 Å². The number of carbonyl (C=O) groups excluding carboxylic acids is 1. The molecule has 0 bridgehead atoms. The lowest BCUT2D eigenvalue weighted by Crippen LogP contribution is -2.45. The first-order valence-corrected chi connectivity index (χ1v) is 2.98. The number of nitrogens with zero attached hydrogens (tertiary/aromatic N) is 3. The monoisotopic (exact) mass is 153 g/mol. The largest absolute Gasteiger partial charge is 0.270 e. The van der Waals surface area contributed by atoms with Crippen LogP contribution in [0.4, 0.5) is 0 Å². The van der Waals surface area contributed by atoms with Gasteiger partial charge < -0.3 is 0 Å². The molecule has 0 spiro atoms. The molecule has 0 aromatic carbocycles. The molecular formula is C5H7N5O. The van der Waals surface area contributed by atoms with Crippen LogP contribution in [0.25, 0.3) is 0 Å². The standard InChI is InChI=1S/C5H7N5O/c1-3-4(11)10(7)5(9-3)8-2-6/h3H,7H2,1H3,(H,8,9)/t3-/m0/s1. The van der Waals surface area contributed by atoms with E-state index in [9.17, 15) is 4.79 Å². The molecule has 1 aliphatic heterocycles. The Morgan fingerprint density at radius 3 is 2.91 bits per heavy atom. The second kappa shape index (κ2) is 2.56. The van der Waals surface area contributed by atoms with Crippen LogP contribution in [-0.4, -0.2) is 22.9 Å². The summed E-state index contributed by atoms with van der Waals surface area (Å²) in [6, 6.07) is -0.490. The van der Waals surface area contributed by atoms with E-state index >= 15 is 0 Å². The Balaban J connectivity index is 2.77. The number of hydrogen-bond donors (Lipinski definition) is 2. The average Bonchev–Trinajstić information content (AvgIpc) is 2.19. The molecule has 11 heavy (non-hydrogen) atoms. The van der Waals surface area contributed by atoms with Crippen LogP contribution in [0, 0.1) is 11.5 Å². The van der Waals surface area contributed by atoms with E-state index in [0.717, 1.165) is 5.01 Å². The molecule has 1 rings (SSSR count). The number of aliphatic imine (C=N–C) groups is 1. The van der Waals surface area contributed by atoms with Crippen LogP contribution in [-0.2, 0) is 4.79 Å². The normalized spacial score (nSPS) is 23.0. The molecule has 1 amide bonds. The Morgan fingerprint density at radius 2 is 2.55 bits per heavy atom. The minimum absolute atomic E-state index is 0.102. The molecule has 6 nitrogen and oxygen atoms in total. The highest BCUT2D eigenvalue weighted by Gasteiger charge is 2.28. The van der Waals surface area contributed by atoms with Gasteiger partial charge in [-0.3, -0.25) is 10.1 Å². The minimum atomic E-state index is -0.490. The van der Waals surface area contributed by atoms with Crippen molar-refractivity contribution in [1.29, 1.82) is 5.26 Å². The lowest BCUT2D eigenvalue weighted by Gasteiger charge is -2.08. The van der Waals surface area contributed by atoms with Crippen molar-refractivity contribution in [1.82, 2.24) is 10.3 Å². The van der Waals surface area contributed by atoms with Gasteiger partial charge in [0.2, 0.25) is 5.96 Å². The quantitative estimate of drug-likeness (QED) is 0.192. The summed E-state index contributed by atoms with van der Waals surface area (Å²) >= 11 is 0. The van der Waals surface area contributed by atoms with E-state index in [0.29, 0.717) is 0 Å². The Labute approximate surface area is 63.3 Å². The van der Waals surface area contributed by atoms with Gasteiger partial charge in [-0.25, -0.2) is 15.8 Å². The van der Waals surface area contributed by atoms with Crippen LogP contribution >= 0.6 is 0 Å². The fourth-order valence-electron chi connectivity index (χ4n) is 0.749. The highest BCUT2D eigenvalue weighted by atomic mass is 16.2. The van der Waals surface area contributed by atoms with Crippen LogP contribution in [0.3, 0.4) is 0 Å². The van der Waals surface area contributed by atoms with Gasteiger partial charge in [0, 0.05) is 0 Å². The van der Waals surface area contributed by atoms with Crippen molar-refractivity contribution in [2.45, 2.75) is 13.0 Å². The molecule has 0 aromatic heterocycles. The number of carbonyl (C=O) groups is 1. The molecule has 6 heteroatoms. The van der Waals surface area contributed by atoms with E-state index in [4.69, 9.17) is 11.1 Å². The smallest absolute Gasteiger partial charge is 0.268 e. The zero-order valence-electron chi connectivity index (χ0n) is 5.90. The van der Waals surface area contributed by atoms with Crippen molar-refractivity contribution in [3.05, 3.63) is 0 Å². The first kappa shape index (κ1) is 7.50. The van der Waals surface area contributed by atoms with Gasteiger partial charge in [-0.15, -0.1) is 0 Å². The van der Waals surface area contributed by atoms with Crippen molar-refractivity contribution in [2.75, 3.05) is 0 Å². The van der Waals surface area contributed by atoms with Crippen molar-refractivity contribution in [3.63, 3.8) is 0 Å². The van der Waals surface area contributed by atoms with Gasteiger partial charge in [0.25, 0.3) is 5.91 Å². The third-order valence-corrected chi connectivity index (χ3v) is 1.31. The molecule has 58 valence electrons. The van der Waals surface area contributed by atoms with Gasteiger partial charge in [0.05, 0.1) is 0 Å². The molecule has 0 aliphatic carbocycles. The van der Waals surface area contributed by atoms with Gasteiger partial charge in [-0.1, -0.05) is 0 Å². The third kappa shape index (κ3) is 1.13. The topological polar surface area (TPSA) is 94.5 Å². The number of hydrogen-bond acceptors (Lipinski definition) is 5. The maximum Gasteiger partial charge on any atom is 0.268 e. The van der Waals surface area contributed by atoms with Gasteiger partial charge in [0.1, 0.15) is 6.04 Å². The van der Waals surface area contributed by atoms with Crippen LogP contribution < -0.4 is 11.2 Å². The molecule has 0 aromatic rings. The van der Waals surface area contributed by atoms with Crippen LogP contribution in [0.5, 0.6) is 0 Å². The Kier molecular flexibility index (Phi) is 1.74. The lowest BCUT2D eigenvalue weighted by atomic mass is 10.4. The predicted molar refractivity (Wildman–Crippen MR) is 36.7 cm³/mol. The molecule has 3 N–H and O–H groups in total. The number of hydrazine groups is 1. The van der Waals surface area contributed by atoms with Crippen molar-refractivity contribution in [3.8, 4) is 6.19 Å². The summed E-state index contributed by atoms with van der Waals surface area (Å²) < 4.78 is 0. The van der Waals surface area contributed by atoms with E-state index in [1.54, 1.807) is 13.1 Å². The SMILES string of the molecule is C[C@@H]1N=C(NC#N)N(N)C1=O. The Bertz CT molecular complexity index is 252. The molecule has 1 aliphatic rings. The second-order valence-electron chi connectivity index (χ2n) is 2.07. The number of nitrogens with two attached hydrogens (primary N) is 1. The van der Waals surface area contributed by atoms with Gasteiger partial charge in [-0.2, -0.15) is 5.26 Å². The first-order valence-electron chi connectivity index (χ1n) is 2.98. The van der Waals surface area contributed by atoms with Crippen LogP contribution in [0.2, 0.25) is 0 Å². The highest BCUT2D eigenvalue weighted by molar-refractivity contribution is 6.04. The van der Waals surface area contributed by atoms with E-state index in [2.05, 4.69) is 10.3 Å². The first-order chi connectivity index (χ1) is 5.16. The zero-order chi connectivity index (χ0) is 8.43. The lowest BCUT2D eigenvalue weighted by molar-refractivity contribution is -0.127. The molecular weight excluding hydrogens is 146 g/mol. The van der Waals surface area contributed by atoms with Crippen molar-refractivity contribution >= 4 is 11.9 Å². The molecule has 1 atom stereocenters. The fraction of sp³-hybridized carbons (Fsp3) is 0.400.